The van der Waals surface area contributed by atoms with Crippen LogP contribution in [0, 0.1) is 17.0 Å². The number of nitro benzene ring substituents is 1. The van der Waals surface area contributed by atoms with Gasteiger partial charge < -0.3 is 10.3 Å². The Morgan fingerprint density at radius 1 is 1.43 bits per heavy atom. The summed E-state index contributed by atoms with van der Waals surface area (Å²) in [7, 11) is 0. The number of hydrogen-bond donors (Lipinski definition) is 2. The number of H-pyrrole nitrogens is 1. The Bertz CT molecular complexity index is 785. The van der Waals surface area contributed by atoms with Gasteiger partial charge >= 0.3 is 0 Å². The van der Waals surface area contributed by atoms with E-state index in [-0.39, 0.29) is 16.3 Å². The van der Waals surface area contributed by atoms with Gasteiger partial charge in [0.25, 0.3) is 11.6 Å². The zero-order valence-corrected chi connectivity index (χ0v) is 11.6. The Morgan fingerprint density at radius 2 is 2.14 bits per heavy atom. The normalized spacial score (nSPS) is 10.2. The Morgan fingerprint density at radius 3 is 2.76 bits per heavy atom. The van der Waals surface area contributed by atoms with Crippen molar-refractivity contribution in [3.05, 3.63) is 67.1 Å². The Balaban J connectivity index is 2.35. The molecule has 8 heteroatoms. The Hall–Kier alpha value is -2.67. The minimum Gasteiger partial charge on any atom is -0.367 e. The van der Waals surface area contributed by atoms with E-state index >= 15 is 0 Å². The Labute approximate surface area is 123 Å². The van der Waals surface area contributed by atoms with Crippen molar-refractivity contribution >= 4 is 28.9 Å². The number of halogens is 1. The van der Waals surface area contributed by atoms with Crippen LogP contribution in [-0.4, -0.2) is 15.8 Å². The molecule has 1 aromatic carbocycles. The van der Waals surface area contributed by atoms with Gasteiger partial charge in [-0.05, 0) is 18.6 Å². The van der Waals surface area contributed by atoms with E-state index in [0.29, 0.717) is 11.3 Å². The van der Waals surface area contributed by atoms with Crippen molar-refractivity contribution in [2.75, 3.05) is 5.32 Å². The first-order chi connectivity index (χ1) is 9.90. The first-order valence-corrected chi connectivity index (χ1v) is 6.21. The van der Waals surface area contributed by atoms with Crippen LogP contribution in [0.3, 0.4) is 0 Å². The van der Waals surface area contributed by atoms with Crippen LogP contribution in [0.2, 0.25) is 5.02 Å². The number of pyridine rings is 1. The highest BCUT2D eigenvalue weighted by atomic mass is 35.5. The van der Waals surface area contributed by atoms with E-state index in [4.69, 9.17) is 11.6 Å². The summed E-state index contributed by atoms with van der Waals surface area (Å²) in [4.78, 5) is 36.4. The Kier molecular flexibility index (Phi) is 4.04. The second-order valence-electron chi connectivity index (χ2n) is 4.25. The van der Waals surface area contributed by atoms with Crippen molar-refractivity contribution in [2.45, 2.75) is 6.92 Å². The molecule has 21 heavy (non-hydrogen) atoms. The fourth-order valence-corrected chi connectivity index (χ4v) is 1.96. The van der Waals surface area contributed by atoms with Crippen LogP contribution in [0.5, 0.6) is 0 Å². The highest BCUT2D eigenvalue weighted by Crippen LogP contribution is 2.30. The lowest BCUT2D eigenvalue weighted by atomic mass is 10.1. The quantitative estimate of drug-likeness (QED) is 0.671. The zero-order chi connectivity index (χ0) is 15.6. The van der Waals surface area contributed by atoms with Gasteiger partial charge in [-0.3, -0.25) is 19.7 Å². The molecule has 0 aliphatic rings. The number of nitrogens with zero attached hydrogens (tertiary/aromatic N) is 1. The third-order valence-corrected chi connectivity index (χ3v) is 3.11. The summed E-state index contributed by atoms with van der Waals surface area (Å²) in [5.74, 6) is -0.620. The number of aryl methyl sites for hydroxylation is 1. The molecule has 0 radical (unpaired) electrons. The molecule has 0 bridgehead atoms. The number of anilines is 1. The molecule has 0 aliphatic carbocycles. The van der Waals surface area contributed by atoms with E-state index < -0.39 is 16.3 Å². The highest BCUT2D eigenvalue weighted by molar-refractivity contribution is 6.33. The van der Waals surface area contributed by atoms with Crippen LogP contribution < -0.4 is 10.7 Å². The summed E-state index contributed by atoms with van der Waals surface area (Å²) in [5, 5.41) is 13.2. The summed E-state index contributed by atoms with van der Waals surface area (Å²) >= 11 is 5.80. The number of aromatic amines is 1. The first kappa shape index (κ1) is 14.7. The average molecular weight is 308 g/mol. The largest absolute Gasteiger partial charge is 0.367 e. The van der Waals surface area contributed by atoms with Crippen molar-refractivity contribution in [3.63, 3.8) is 0 Å². The minimum atomic E-state index is -0.620. The van der Waals surface area contributed by atoms with Gasteiger partial charge in [-0.2, -0.15) is 0 Å². The molecule has 2 rings (SSSR count). The molecular weight excluding hydrogens is 298 g/mol. The molecule has 2 N–H and O–H groups in total. The maximum atomic E-state index is 12.0. The number of amides is 1. The third-order valence-electron chi connectivity index (χ3n) is 2.81. The van der Waals surface area contributed by atoms with Gasteiger partial charge in [-0.1, -0.05) is 11.6 Å². The van der Waals surface area contributed by atoms with Gasteiger partial charge in [0.2, 0.25) is 0 Å². The minimum absolute atomic E-state index is 0.0635. The lowest BCUT2D eigenvalue weighted by molar-refractivity contribution is -0.384. The van der Waals surface area contributed by atoms with Crippen molar-refractivity contribution in [3.8, 4) is 0 Å². The standard InChI is InChI=1S/C13H10ClN3O4/c1-7-4-11(17(20)21)9(14)5-10(7)16-13(19)8-6-15-3-2-12(8)18/h2-6H,1H3,(H,15,18)(H,16,19). The molecule has 1 heterocycles. The molecule has 2 aromatic rings. The number of aromatic nitrogens is 1. The third kappa shape index (κ3) is 3.09. The molecular formula is C13H10ClN3O4. The lowest BCUT2D eigenvalue weighted by Crippen LogP contribution is -2.21. The van der Waals surface area contributed by atoms with Crippen LogP contribution in [0.15, 0.2) is 35.4 Å². The maximum absolute atomic E-state index is 12.0. The summed E-state index contributed by atoms with van der Waals surface area (Å²) in [5.41, 5.74) is 0.0265. The van der Waals surface area contributed by atoms with Gasteiger partial charge in [0.15, 0.2) is 5.43 Å². The smallest absolute Gasteiger partial charge is 0.288 e. The fourth-order valence-electron chi connectivity index (χ4n) is 1.72. The van der Waals surface area contributed by atoms with Crippen molar-refractivity contribution in [2.24, 2.45) is 0 Å². The summed E-state index contributed by atoms with van der Waals surface area (Å²) in [6.07, 6.45) is 2.69. The number of hydrogen-bond acceptors (Lipinski definition) is 4. The molecule has 0 aliphatic heterocycles. The molecule has 0 fully saturated rings. The van der Waals surface area contributed by atoms with E-state index in [2.05, 4.69) is 10.3 Å². The molecule has 1 aromatic heterocycles. The van der Waals surface area contributed by atoms with Crippen LogP contribution >= 0.6 is 11.6 Å². The first-order valence-electron chi connectivity index (χ1n) is 5.83. The number of benzene rings is 1. The van der Waals surface area contributed by atoms with E-state index in [1.807, 2.05) is 0 Å². The average Bonchev–Trinajstić information content (AvgIpc) is 2.42. The zero-order valence-electron chi connectivity index (χ0n) is 10.8. The van der Waals surface area contributed by atoms with Gasteiger partial charge in [0.05, 0.1) is 4.92 Å². The molecule has 108 valence electrons. The number of carbonyl (C=O) groups is 1. The molecule has 7 nitrogen and oxygen atoms in total. The molecule has 0 saturated heterocycles. The van der Waals surface area contributed by atoms with Gasteiger partial charge in [0.1, 0.15) is 10.6 Å². The second kappa shape index (κ2) is 5.76. The summed E-state index contributed by atoms with van der Waals surface area (Å²) in [6, 6.07) is 3.77. The highest BCUT2D eigenvalue weighted by Gasteiger charge is 2.17. The van der Waals surface area contributed by atoms with Crippen LogP contribution in [0.4, 0.5) is 11.4 Å². The number of rotatable bonds is 3. The van der Waals surface area contributed by atoms with Crippen LogP contribution in [0.25, 0.3) is 0 Å². The molecule has 0 spiro atoms. The summed E-state index contributed by atoms with van der Waals surface area (Å²) in [6.45, 7) is 1.59. The molecule has 0 saturated carbocycles. The number of nitro groups is 1. The predicted octanol–water partition coefficient (Wildman–Crippen LogP) is 2.50. The number of carbonyl (C=O) groups excluding carboxylic acids is 1. The van der Waals surface area contributed by atoms with Crippen molar-refractivity contribution < 1.29 is 9.72 Å². The summed E-state index contributed by atoms with van der Waals surface area (Å²) < 4.78 is 0. The fraction of sp³-hybridized carbons (Fsp3) is 0.0769. The van der Waals surface area contributed by atoms with E-state index in [0.717, 1.165) is 0 Å². The van der Waals surface area contributed by atoms with E-state index in [1.54, 1.807) is 6.92 Å². The maximum Gasteiger partial charge on any atom is 0.288 e. The van der Waals surface area contributed by atoms with Crippen molar-refractivity contribution in [1.82, 2.24) is 4.98 Å². The van der Waals surface area contributed by atoms with Gasteiger partial charge in [-0.25, -0.2) is 0 Å². The van der Waals surface area contributed by atoms with Crippen LogP contribution in [0.1, 0.15) is 15.9 Å². The monoisotopic (exact) mass is 307 g/mol. The molecule has 1 amide bonds. The molecule has 0 atom stereocenters. The molecule has 0 unspecified atom stereocenters. The number of nitrogens with one attached hydrogen (secondary N) is 2. The lowest BCUT2D eigenvalue weighted by Gasteiger charge is -2.08. The van der Waals surface area contributed by atoms with Crippen LogP contribution in [-0.2, 0) is 0 Å². The van der Waals surface area contributed by atoms with Gasteiger partial charge in [0, 0.05) is 30.2 Å². The van der Waals surface area contributed by atoms with Crippen molar-refractivity contribution in [1.29, 1.82) is 0 Å². The topological polar surface area (TPSA) is 105 Å². The second-order valence-corrected chi connectivity index (χ2v) is 4.66. The van der Waals surface area contributed by atoms with E-state index in [9.17, 15) is 19.7 Å². The predicted molar refractivity (Wildman–Crippen MR) is 77.9 cm³/mol. The van der Waals surface area contributed by atoms with E-state index in [1.165, 1.54) is 30.6 Å². The SMILES string of the molecule is Cc1cc([N+](=O)[O-])c(Cl)cc1NC(=O)c1c[nH]ccc1=O. The van der Waals surface area contributed by atoms with Gasteiger partial charge in [-0.15, -0.1) is 0 Å².